The Hall–Kier alpha value is -4.38. The summed E-state index contributed by atoms with van der Waals surface area (Å²) >= 11 is 0. The second-order valence-electron chi connectivity index (χ2n) is 8.93. The molecule has 17 heteroatoms. The van der Waals surface area contributed by atoms with E-state index in [1.807, 2.05) is 0 Å². The highest BCUT2D eigenvalue weighted by molar-refractivity contribution is 7.89. The maximum Gasteiger partial charge on any atom is 0.490 e. The number of nitrogens with one attached hydrogen (secondary N) is 2. The van der Waals surface area contributed by atoms with E-state index in [-0.39, 0.29) is 28.9 Å². The number of alkyl halides is 3. The number of nitrogens with two attached hydrogens (primary N) is 2. The van der Waals surface area contributed by atoms with E-state index in [0.29, 0.717) is 22.6 Å². The molecule has 0 fully saturated rings. The number of methoxy groups -OCH3 is 2. The fourth-order valence-corrected chi connectivity index (χ4v) is 3.71. The largest absolute Gasteiger partial charge is 0.493 e. The van der Waals surface area contributed by atoms with E-state index in [0.717, 1.165) is 0 Å². The Kier molecular flexibility index (Phi) is 12.7. The summed E-state index contributed by atoms with van der Waals surface area (Å²) in [5.74, 6) is -3.19. The number of halogens is 3. The molecule has 2 aromatic rings. The van der Waals surface area contributed by atoms with E-state index in [2.05, 4.69) is 15.6 Å². The van der Waals surface area contributed by atoms with Crippen molar-refractivity contribution in [2.24, 2.45) is 21.8 Å². The Morgan fingerprint density at radius 1 is 1.05 bits per heavy atom. The molecule has 0 spiro atoms. The maximum absolute atomic E-state index is 12.9. The van der Waals surface area contributed by atoms with Crippen molar-refractivity contribution in [3.8, 4) is 11.5 Å². The van der Waals surface area contributed by atoms with Crippen molar-refractivity contribution >= 4 is 39.5 Å². The van der Waals surface area contributed by atoms with E-state index >= 15 is 0 Å². The van der Waals surface area contributed by atoms with Gasteiger partial charge in [0.05, 0.1) is 25.5 Å². The Morgan fingerprint density at radius 2 is 1.62 bits per heavy atom. The number of sulfonamides is 1. The molecule has 13 nitrogen and oxygen atoms in total. The number of guanidine groups is 1. The van der Waals surface area contributed by atoms with Gasteiger partial charge >= 0.3 is 12.1 Å². The highest BCUT2D eigenvalue weighted by Gasteiger charge is 2.38. The number of carboxylic acids is 1. The van der Waals surface area contributed by atoms with Crippen LogP contribution in [-0.2, 0) is 30.8 Å². The first-order valence-electron chi connectivity index (χ1n) is 11.9. The third-order valence-corrected chi connectivity index (χ3v) is 6.21. The summed E-state index contributed by atoms with van der Waals surface area (Å²) in [4.78, 5) is 38.3. The number of hydrogen-bond donors (Lipinski definition) is 5. The molecular weight excluding hydrogens is 587 g/mol. The number of nitrogens with zero attached hydrogens (tertiary/aromatic N) is 1. The minimum atomic E-state index is -5.08. The van der Waals surface area contributed by atoms with Crippen molar-refractivity contribution in [3.63, 3.8) is 0 Å². The molecule has 0 unspecified atom stereocenters. The van der Waals surface area contributed by atoms with Crippen molar-refractivity contribution in [3.05, 3.63) is 47.5 Å². The number of carboxylic acid groups (broad SMARTS) is 1. The van der Waals surface area contributed by atoms with Crippen LogP contribution in [0.2, 0.25) is 0 Å². The molecule has 0 aliphatic heterocycles. The summed E-state index contributed by atoms with van der Waals surface area (Å²) in [5.41, 5.74) is 7.48. The van der Waals surface area contributed by atoms with Crippen LogP contribution in [0.4, 0.5) is 18.9 Å². The number of carbonyl (C=O) groups excluding carboxylic acids is 2. The van der Waals surface area contributed by atoms with Gasteiger partial charge in [0.2, 0.25) is 21.8 Å². The van der Waals surface area contributed by atoms with Crippen molar-refractivity contribution in [2.45, 2.75) is 44.3 Å². The normalized spacial score (nSPS) is 12.5. The molecule has 0 aliphatic carbocycles. The molecular formula is C25H32F3N5O8S. The van der Waals surface area contributed by atoms with Gasteiger partial charge in [-0.3, -0.25) is 14.9 Å². The van der Waals surface area contributed by atoms with E-state index in [4.69, 9.17) is 30.2 Å². The number of ether oxygens (including phenoxy) is 2. The van der Waals surface area contributed by atoms with Gasteiger partial charge in [0.15, 0.2) is 17.5 Å². The molecule has 0 aromatic heterocycles. The molecule has 7 N–H and O–H groups in total. The lowest BCUT2D eigenvalue weighted by atomic mass is 10.0. The lowest BCUT2D eigenvalue weighted by Crippen LogP contribution is -2.41. The van der Waals surface area contributed by atoms with Crippen LogP contribution in [0, 0.1) is 12.8 Å². The molecule has 0 heterocycles. The Bertz CT molecular complexity index is 1430. The van der Waals surface area contributed by atoms with Crippen LogP contribution in [-0.4, -0.2) is 63.7 Å². The number of aliphatic carboxylic acids is 1. The number of aliphatic imine (C=N–C) groups is 1. The fourth-order valence-electron chi connectivity index (χ4n) is 3.18. The Morgan fingerprint density at radius 3 is 2.10 bits per heavy atom. The van der Waals surface area contributed by atoms with E-state index in [1.54, 1.807) is 39.0 Å². The van der Waals surface area contributed by atoms with Gasteiger partial charge in [0.25, 0.3) is 0 Å². The highest BCUT2D eigenvalue weighted by atomic mass is 32.2. The summed E-state index contributed by atoms with van der Waals surface area (Å²) in [6.07, 6.45) is -5.09. The number of carbonyl (C=O) groups is 3. The first kappa shape index (κ1) is 35.6. The number of hydrogen-bond acceptors (Lipinski definition) is 8. The number of anilines is 1. The van der Waals surface area contributed by atoms with Crippen LogP contribution < -0.4 is 31.0 Å². The lowest BCUT2D eigenvalue weighted by Gasteiger charge is -2.18. The second-order valence-corrected chi connectivity index (χ2v) is 10.5. The number of rotatable bonds is 9. The molecule has 0 saturated heterocycles. The summed E-state index contributed by atoms with van der Waals surface area (Å²) in [6, 6.07) is 8.29. The summed E-state index contributed by atoms with van der Waals surface area (Å²) in [5, 5.41) is 17.5. The van der Waals surface area contributed by atoms with Crippen LogP contribution in [0.5, 0.6) is 11.5 Å². The van der Waals surface area contributed by atoms with Gasteiger partial charge in [0.1, 0.15) is 6.04 Å². The average Bonchev–Trinajstić information content (AvgIpc) is 2.87. The van der Waals surface area contributed by atoms with Gasteiger partial charge in [-0.05, 0) is 48.2 Å². The second kappa shape index (κ2) is 15.0. The monoisotopic (exact) mass is 619 g/mol. The van der Waals surface area contributed by atoms with E-state index < -0.39 is 40.0 Å². The molecule has 0 bridgehead atoms. The average molecular weight is 620 g/mol. The zero-order valence-electron chi connectivity index (χ0n) is 23.3. The zero-order chi connectivity index (χ0) is 32.4. The molecule has 0 aliphatic rings. The van der Waals surface area contributed by atoms with Crippen LogP contribution in [0.25, 0.3) is 0 Å². The van der Waals surface area contributed by atoms with Crippen molar-refractivity contribution < 1.29 is 50.6 Å². The van der Waals surface area contributed by atoms with Crippen molar-refractivity contribution in [2.75, 3.05) is 19.5 Å². The summed E-state index contributed by atoms with van der Waals surface area (Å²) in [7, 11) is -0.932. The summed E-state index contributed by atoms with van der Waals surface area (Å²) < 4.78 is 65.4. The first-order valence-corrected chi connectivity index (χ1v) is 13.4. The van der Waals surface area contributed by atoms with Crippen LogP contribution in [0.1, 0.15) is 25.0 Å². The van der Waals surface area contributed by atoms with Gasteiger partial charge in [-0.25, -0.2) is 23.3 Å². The quantitative estimate of drug-likeness (QED) is 0.205. The highest BCUT2D eigenvalue weighted by Crippen LogP contribution is 2.27. The number of primary sulfonamides is 1. The van der Waals surface area contributed by atoms with Gasteiger partial charge in [0, 0.05) is 5.69 Å². The van der Waals surface area contributed by atoms with Gasteiger partial charge in [-0.15, -0.1) is 0 Å². The minimum Gasteiger partial charge on any atom is -0.493 e. The topological polar surface area (TPSA) is 212 Å². The zero-order valence-corrected chi connectivity index (χ0v) is 24.1. The van der Waals surface area contributed by atoms with E-state index in [9.17, 15) is 31.2 Å². The number of amides is 2. The predicted octanol–water partition coefficient (Wildman–Crippen LogP) is 1.93. The van der Waals surface area contributed by atoms with Gasteiger partial charge < -0.3 is 25.6 Å². The molecule has 2 aromatic carbocycles. The van der Waals surface area contributed by atoms with Crippen LogP contribution in [0.3, 0.4) is 0 Å². The predicted molar refractivity (Wildman–Crippen MR) is 147 cm³/mol. The number of aryl methyl sites for hydroxylation is 1. The smallest absolute Gasteiger partial charge is 0.490 e. The van der Waals surface area contributed by atoms with Crippen molar-refractivity contribution in [1.82, 2.24) is 5.32 Å². The first-order chi connectivity index (χ1) is 19.3. The van der Waals surface area contributed by atoms with E-state index in [1.165, 1.54) is 32.4 Å². The molecule has 232 valence electrons. The molecule has 0 saturated carbocycles. The molecule has 2 amide bonds. The molecule has 42 heavy (non-hydrogen) atoms. The number of benzene rings is 2. The lowest BCUT2D eigenvalue weighted by molar-refractivity contribution is -0.192. The Labute approximate surface area is 240 Å². The minimum absolute atomic E-state index is 0.00529. The van der Waals surface area contributed by atoms with Crippen LogP contribution in [0.15, 0.2) is 46.3 Å². The molecule has 1 atom stereocenters. The summed E-state index contributed by atoms with van der Waals surface area (Å²) in [6.45, 7) is 5.24. The maximum atomic E-state index is 12.9. The SMILES string of the molecule is COc1ccc(CC(=O)NC(N)=N[C@@H](C(=O)Nc2cc(S(N)(=O)=O)ccc2C)C(C)C)cc1OC.O=C(O)C(F)(F)F. The van der Waals surface area contributed by atoms with Gasteiger partial charge in [-0.1, -0.05) is 26.0 Å². The molecule has 2 rings (SSSR count). The standard InChI is InChI=1S/C23H31N5O6S.C2HF3O2/c1-13(2)21(22(30)26-17-12-16(35(25,31)32)8-6-14(17)3)28-23(24)27-20(29)11-15-7-9-18(33-4)19(10-15)34-5;3-2(4,5)1(6)7/h6-10,12-13,21H,11H2,1-5H3,(H,26,30)(H2,25,31,32)(H3,24,27,28,29);(H,6,7)/t21-;/m1./s1. The van der Waals surface area contributed by atoms with Crippen molar-refractivity contribution in [1.29, 1.82) is 0 Å². The van der Waals surface area contributed by atoms with Crippen LogP contribution >= 0.6 is 0 Å². The molecule has 0 radical (unpaired) electrons. The Balaban J connectivity index is 0.00000112. The third-order valence-electron chi connectivity index (χ3n) is 5.30. The third kappa shape index (κ3) is 11.2. The fraction of sp³-hybridized carbons (Fsp3) is 0.360. The van der Waals surface area contributed by atoms with Gasteiger partial charge in [-0.2, -0.15) is 13.2 Å².